The van der Waals surface area contributed by atoms with Crippen molar-refractivity contribution in [2.24, 2.45) is 5.11 Å². The number of aryl methyl sites for hydroxylation is 1. The average Bonchev–Trinajstić information content (AvgIpc) is 2.36. The molecule has 0 bridgehead atoms. The van der Waals surface area contributed by atoms with Gasteiger partial charge in [0.05, 0.1) is 18.2 Å². The van der Waals surface area contributed by atoms with Crippen molar-refractivity contribution in [3.63, 3.8) is 0 Å². The van der Waals surface area contributed by atoms with Crippen molar-refractivity contribution >= 4 is 11.6 Å². The molecule has 98 valence electrons. The summed E-state index contributed by atoms with van der Waals surface area (Å²) in [5.41, 5.74) is 8.09. The van der Waals surface area contributed by atoms with Gasteiger partial charge < -0.3 is 10.4 Å². The molecule has 1 unspecified atom stereocenters. The second-order valence-electron chi connectivity index (χ2n) is 4.26. The summed E-state index contributed by atoms with van der Waals surface area (Å²) < 4.78 is 0. The van der Waals surface area contributed by atoms with Gasteiger partial charge in [0.15, 0.2) is 0 Å². The molecule has 0 fully saturated rings. The zero-order valence-corrected chi connectivity index (χ0v) is 10.6. The Labute approximate surface area is 110 Å². The molecule has 7 nitrogen and oxygen atoms in total. The molecular formula is C12H13N5O2. The van der Waals surface area contributed by atoms with E-state index in [-0.39, 0.29) is 6.54 Å². The fourth-order valence-corrected chi connectivity index (χ4v) is 1.37. The van der Waals surface area contributed by atoms with Gasteiger partial charge in [-0.05, 0) is 43.1 Å². The molecule has 0 radical (unpaired) electrons. The van der Waals surface area contributed by atoms with E-state index < -0.39 is 11.5 Å². The Morgan fingerprint density at radius 2 is 2.37 bits per heavy atom. The van der Waals surface area contributed by atoms with Gasteiger partial charge in [-0.2, -0.15) is 5.26 Å². The van der Waals surface area contributed by atoms with E-state index >= 15 is 0 Å². The molecule has 1 aromatic carbocycles. The number of amides is 1. The third-order valence-electron chi connectivity index (χ3n) is 2.54. The van der Waals surface area contributed by atoms with E-state index in [0.717, 1.165) is 5.56 Å². The second kappa shape index (κ2) is 5.87. The number of benzene rings is 1. The highest BCUT2D eigenvalue weighted by molar-refractivity contribution is 5.97. The van der Waals surface area contributed by atoms with Gasteiger partial charge in [-0.1, -0.05) is 5.11 Å². The Morgan fingerprint density at radius 1 is 1.68 bits per heavy atom. The monoisotopic (exact) mass is 259 g/mol. The number of aliphatic hydroxyl groups is 1. The highest BCUT2D eigenvalue weighted by Crippen LogP contribution is 2.16. The summed E-state index contributed by atoms with van der Waals surface area (Å²) >= 11 is 0. The van der Waals surface area contributed by atoms with Gasteiger partial charge in [0.25, 0.3) is 5.91 Å². The zero-order chi connectivity index (χ0) is 14.5. The van der Waals surface area contributed by atoms with Gasteiger partial charge in [-0.25, -0.2) is 0 Å². The summed E-state index contributed by atoms with van der Waals surface area (Å²) in [7, 11) is 0. The van der Waals surface area contributed by atoms with Crippen LogP contribution in [0.1, 0.15) is 18.1 Å². The summed E-state index contributed by atoms with van der Waals surface area (Å²) in [5.74, 6) is -0.677. The number of nitrogens with one attached hydrogen (secondary N) is 1. The lowest BCUT2D eigenvalue weighted by molar-refractivity contribution is -0.131. The largest absolute Gasteiger partial charge is 0.380 e. The Morgan fingerprint density at radius 3 is 2.89 bits per heavy atom. The predicted octanol–water partition coefficient (Wildman–Crippen LogP) is 1.87. The van der Waals surface area contributed by atoms with E-state index in [4.69, 9.17) is 10.8 Å². The van der Waals surface area contributed by atoms with Gasteiger partial charge in [-0.15, -0.1) is 0 Å². The Hall–Kier alpha value is -2.55. The minimum Gasteiger partial charge on any atom is -0.380 e. The third kappa shape index (κ3) is 3.71. The number of rotatable bonds is 4. The number of nitriles is 1. The van der Waals surface area contributed by atoms with E-state index in [1.807, 2.05) is 6.07 Å². The lowest BCUT2D eigenvalue weighted by Crippen LogP contribution is -2.42. The minimum atomic E-state index is -1.78. The van der Waals surface area contributed by atoms with Crippen molar-refractivity contribution in [2.75, 3.05) is 11.9 Å². The molecule has 0 aromatic heterocycles. The smallest absolute Gasteiger partial charge is 0.256 e. The summed E-state index contributed by atoms with van der Waals surface area (Å²) in [4.78, 5) is 14.3. The van der Waals surface area contributed by atoms with E-state index in [1.54, 1.807) is 25.1 Å². The van der Waals surface area contributed by atoms with Gasteiger partial charge in [0, 0.05) is 10.6 Å². The van der Waals surface area contributed by atoms with Crippen LogP contribution < -0.4 is 5.32 Å². The van der Waals surface area contributed by atoms with Crippen LogP contribution in [0.5, 0.6) is 0 Å². The molecule has 0 spiro atoms. The fourth-order valence-electron chi connectivity index (χ4n) is 1.37. The van der Waals surface area contributed by atoms with Gasteiger partial charge in [-0.3, -0.25) is 4.79 Å². The van der Waals surface area contributed by atoms with Crippen LogP contribution in [0, 0.1) is 18.3 Å². The molecule has 1 atom stereocenters. The SMILES string of the molecule is Cc1cc(NC(=O)C(C)(O)CN=[N+]=[N-])ccc1C#N. The van der Waals surface area contributed by atoms with Crippen molar-refractivity contribution in [2.45, 2.75) is 19.4 Å². The lowest BCUT2D eigenvalue weighted by atomic mass is 10.1. The number of anilines is 1. The maximum atomic E-state index is 11.8. The first-order valence-electron chi connectivity index (χ1n) is 5.46. The van der Waals surface area contributed by atoms with Crippen LogP contribution in [0.3, 0.4) is 0 Å². The maximum absolute atomic E-state index is 11.8. The molecule has 1 amide bonds. The average molecular weight is 259 g/mol. The fraction of sp³-hybridized carbons (Fsp3) is 0.333. The van der Waals surface area contributed by atoms with E-state index in [2.05, 4.69) is 15.3 Å². The molecule has 19 heavy (non-hydrogen) atoms. The van der Waals surface area contributed by atoms with Crippen molar-refractivity contribution in [1.82, 2.24) is 0 Å². The number of carbonyl (C=O) groups excluding carboxylic acids is 1. The van der Waals surface area contributed by atoms with Gasteiger partial charge in [0.1, 0.15) is 5.60 Å². The minimum absolute atomic E-state index is 0.357. The number of azide groups is 1. The third-order valence-corrected chi connectivity index (χ3v) is 2.54. The first-order chi connectivity index (χ1) is 8.90. The predicted molar refractivity (Wildman–Crippen MR) is 69.2 cm³/mol. The highest BCUT2D eigenvalue weighted by atomic mass is 16.3. The van der Waals surface area contributed by atoms with Crippen LogP contribution in [0.4, 0.5) is 5.69 Å². The van der Waals surface area contributed by atoms with Crippen molar-refractivity contribution < 1.29 is 9.90 Å². The highest BCUT2D eigenvalue weighted by Gasteiger charge is 2.29. The summed E-state index contributed by atoms with van der Waals surface area (Å²) in [6, 6.07) is 6.78. The molecule has 0 aliphatic carbocycles. The van der Waals surface area contributed by atoms with Crippen LogP contribution in [-0.4, -0.2) is 23.2 Å². The molecular weight excluding hydrogens is 246 g/mol. The molecule has 1 rings (SSSR count). The Kier molecular flexibility index (Phi) is 4.48. The topological polar surface area (TPSA) is 122 Å². The second-order valence-corrected chi connectivity index (χ2v) is 4.26. The number of hydrogen-bond donors (Lipinski definition) is 2. The molecule has 0 saturated heterocycles. The molecule has 2 N–H and O–H groups in total. The van der Waals surface area contributed by atoms with Crippen LogP contribution in [-0.2, 0) is 4.79 Å². The normalized spacial score (nSPS) is 12.7. The maximum Gasteiger partial charge on any atom is 0.256 e. The number of carbonyl (C=O) groups is 1. The molecule has 0 saturated carbocycles. The Bertz CT molecular complexity index is 582. The lowest BCUT2D eigenvalue weighted by Gasteiger charge is -2.20. The van der Waals surface area contributed by atoms with Crippen molar-refractivity contribution in [3.05, 3.63) is 39.8 Å². The van der Waals surface area contributed by atoms with Gasteiger partial charge >= 0.3 is 0 Å². The summed E-state index contributed by atoms with van der Waals surface area (Å²) in [6.45, 7) is 2.64. The standard InChI is InChI=1S/C12H13N5O2/c1-8-5-10(4-3-9(8)6-13)16-11(18)12(2,19)7-15-17-14/h3-5,19H,7H2,1-2H3,(H,16,18). The molecule has 0 aliphatic heterocycles. The zero-order valence-electron chi connectivity index (χ0n) is 10.6. The molecule has 0 heterocycles. The first-order valence-corrected chi connectivity index (χ1v) is 5.46. The quantitative estimate of drug-likeness (QED) is 0.487. The van der Waals surface area contributed by atoms with Crippen LogP contribution in [0.25, 0.3) is 10.4 Å². The summed E-state index contributed by atoms with van der Waals surface area (Å²) in [5, 5.41) is 24.3. The van der Waals surface area contributed by atoms with Gasteiger partial charge in [0.2, 0.25) is 0 Å². The number of nitrogens with zero attached hydrogens (tertiary/aromatic N) is 4. The van der Waals surface area contributed by atoms with Crippen molar-refractivity contribution in [1.29, 1.82) is 5.26 Å². The molecule has 1 aromatic rings. The van der Waals surface area contributed by atoms with Crippen LogP contribution in [0.15, 0.2) is 23.3 Å². The van der Waals surface area contributed by atoms with Crippen LogP contribution >= 0.6 is 0 Å². The van der Waals surface area contributed by atoms with E-state index in [9.17, 15) is 9.90 Å². The van der Waals surface area contributed by atoms with E-state index in [0.29, 0.717) is 11.3 Å². The number of hydrogen-bond acceptors (Lipinski definition) is 4. The molecule has 7 heteroatoms. The van der Waals surface area contributed by atoms with E-state index in [1.165, 1.54) is 6.92 Å². The first kappa shape index (κ1) is 14.5. The van der Waals surface area contributed by atoms with Crippen molar-refractivity contribution in [3.8, 4) is 6.07 Å². The molecule has 0 aliphatic rings. The summed E-state index contributed by atoms with van der Waals surface area (Å²) in [6.07, 6.45) is 0. The van der Waals surface area contributed by atoms with Crippen LogP contribution in [0.2, 0.25) is 0 Å². The Balaban J connectivity index is 2.85.